The van der Waals surface area contributed by atoms with Crippen LogP contribution in [0.15, 0.2) is 55.4 Å². The maximum absolute atomic E-state index is 13.3. The number of rotatable bonds is 7. The number of fused-ring (bicyclic) bond motifs is 2. The van der Waals surface area contributed by atoms with Crippen molar-refractivity contribution in [1.82, 2.24) is 29.1 Å². The molecule has 4 heterocycles. The number of anilines is 2. The normalized spacial score (nSPS) is 12.1. The molecule has 5 aromatic rings. The number of carbonyl (C=O) groups is 1. The van der Waals surface area contributed by atoms with Gasteiger partial charge in [-0.1, -0.05) is 0 Å². The summed E-state index contributed by atoms with van der Waals surface area (Å²) in [6.45, 7) is 4.37. The Labute approximate surface area is 201 Å². The first-order valence-corrected chi connectivity index (χ1v) is 11.1. The Kier molecular flexibility index (Phi) is 5.75. The highest BCUT2D eigenvalue weighted by molar-refractivity contribution is 6.13. The van der Waals surface area contributed by atoms with Crippen molar-refractivity contribution < 1.29 is 9.53 Å². The Morgan fingerprint density at radius 1 is 1.17 bits per heavy atom. The summed E-state index contributed by atoms with van der Waals surface area (Å²) in [5, 5.41) is 10.4. The first-order valence-electron chi connectivity index (χ1n) is 11.1. The molecule has 0 aliphatic heterocycles. The van der Waals surface area contributed by atoms with E-state index in [-0.39, 0.29) is 11.9 Å². The van der Waals surface area contributed by atoms with Crippen LogP contribution in [0, 0.1) is 6.92 Å². The highest BCUT2D eigenvalue weighted by atomic mass is 16.5. The van der Waals surface area contributed by atoms with Crippen LogP contribution < -0.4 is 21.1 Å². The van der Waals surface area contributed by atoms with E-state index in [1.54, 1.807) is 47.8 Å². The Hall–Kier alpha value is -4.51. The molecule has 4 aromatic heterocycles. The van der Waals surface area contributed by atoms with E-state index in [0.717, 1.165) is 11.4 Å². The van der Waals surface area contributed by atoms with E-state index in [0.29, 0.717) is 46.0 Å². The van der Waals surface area contributed by atoms with E-state index in [4.69, 9.17) is 10.5 Å². The Bertz CT molecular complexity index is 1540. The second-order valence-electron chi connectivity index (χ2n) is 8.38. The lowest BCUT2D eigenvalue weighted by Gasteiger charge is -2.14. The first kappa shape index (κ1) is 22.3. The van der Waals surface area contributed by atoms with Crippen LogP contribution >= 0.6 is 0 Å². The molecule has 0 aliphatic carbocycles. The van der Waals surface area contributed by atoms with Gasteiger partial charge in [0.1, 0.15) is 11.0 Å². The Morgan fingerprint density at radius 2 is 1.97 bits per heavy atom. The van der Waals surface area contributed by atoms with Gasteiger partial charge in [-0.05, 0) is 26.0 Å². The number of hydrogen-bond acceptors (Lipinski definition) is 8. The number of ether oxygens (including phenoxy) is 1. The van der Waals surface area contributed by atoms with Crippen LogP contribution in [0.5, 0.6) is 11.5 Å². The van der Waals surface area contributed by atoms with Gasteiger partial charge in [-0.15, -0.1) is 0 Å². The fraction of sp³-hybridized carbons (Fsp3) is 0.208. The van der Waals surface area contributed by atoms with E-state index >= 15 is 0 Å². The summed E-state index contributed by atoms with van der Waals surface area (Å²) in [5.41, 5.74) is 10.1. The molecule has 35 heavy (non-hydrogen) atoms. The standard InChI is InChI=1S/C24H25N9O2/c1-14(25)9-28-19-5-4-18(21-22(19)27-7-6-26-21)24(34)31-16-8-20(35-17-10-29-32(3)13-17)23-30-15(2)11-33(23)12-16/h4-8,10-14,28H,9,25H2,1-3H3,(H,31,34)/t14-/m1/s1. The van der Waals surface area contributed by atoms with Crippen molar-refractivity contribution in [2.75, 3.05) is 17.2 Å². The van der Waals surface area contributed by atoms with Crippen LogP contribution in [0.3, 0.4) is 0 Å². The predicted octanol–water partition coefficient (Wildman–Crippen LogP) is 3.12. The van der Waals surface area contributed by atoms with Gasteiger partial charge in [0.15, 0.2) is 17.1 Å². The third-order valence-corrected chi connectivity index (χ3v) is 5.29. The summed E-state index contributed by atoms with van der Waals surface area (Å²) in [6.07, 6.45) is 10.2. The van der Waals surface area contributed by atoms with Crippen LogP contribution in [-0.2, 0) is 7.05 Å². The van der Waals surface area contributed by atoms with Gasteiger partial charge in [-0.3, -0.25) is 19.4 Å². The van der Waals surface area contributed by atoms with E-state index in [1.165, 1.54) is 0 Å². The third kappa shape index (κ3) is 4.62. The maximum atomic E-state index is 13.3. The van der Waals surface area contributed by atoms with Gasteiger partial charge in [0.25, 0.3) is 5.91 Å². The van der Waals surface area contributed by atoms with Gasteiger partial charge in [0.2, 0.25) is 0 Å². The summed E-state index contributed by atoms with van der Waals surface area (Å²) in [6, 6.07) is 5.24. The number of aryl methyl sites for hydroxylation is 2. The summed E-state index contributed by atoms with van der Waals surface area (Å²) >= 11 is 0. The minimum Gasteiger partial charge on any atom is -0.450 e. The third-order valence-electron chi connectivity index (χ3n) is 5.29. The summed E-state index contributed by atoms with van der Waals surface area (Å²) < 4.78 is 9.49. The van der Waals surface area contributed by atoms with E-state index < -0.39 is 0 Å². The van der Waals surface area contributed by atoms with Gasteiger partial charge in [0.05, 0.1) is 35.0 Å². The zero-order valence-corrected chi connectivity index (χ0v) is 19.6. The van der Waals surface area contributed by atoms with Gasteiger partial charge in [-0.25, -0.2) is 4.98 Å². The number of nitrogens with zero attached hydrogens (tertiary/aromatic N) is 6. The van der Waals surface area contributed by atoms with Gasteiger partial charge >= 0.3 is 0 Å². The SMILES string of the molecule is Cc1cn2cc(NC(=O)c3ccc(NC[C@@H](C)N)c4nccnc34)cc(Oc3cnn(C)c3)c2n1. The molecule has 1 amide bonds. The molecule has 0 fully saturated rings. The lowest BCUT2D eigenvalue weighted by atomic mass is 10.1. The van der Waals surface area contributed by atoms with Crippen molar-refractivity contribution in [2.24, 2.45) is 12.8 Å². The monoisotopic (exact) mass is 471 g/mol. The quantitative estimate of drug-likeness (QED) is 0.329. The van der Waals surface area contributed by atoms with Crippen molar-refractivity contribution in [3.63, 3.8) is 0 Å². The predicted molar refractivity (Wildman–Crippen MR) is 133 cm³/mol. The molecule has 1 aromatic carbocycles. The molecule has 0 saturated carbocycles. The molecule has 0 aliphatic rings. The molecule has 5 rings (SSSR count). The lowest BCUT2D eigenvalue weighted by Crippen LogP contribution is -2.25. The minimum atomic E-state index is -0.322. The molecule has 0 saturated heterocycles. The van der Waals surface area contributed by atoms with E-state index in [2.05, 4.69) is 30.7 Å². The van der Waals surface area contributed by atoms with Crippen molar-refractivity contribution in [3.8, 4) is 11.5 Å². The average Bonchev–Trinajstić information content (AvgIpc) is 3.41. The molecule has 11 nitrogen and oxygen atoms in total. The highest BCUT2D eigenvalue weighted by Crippen LogP contribution is 2.30. The first-order chi connectivity index (χ1) is 16.9. The van der Waals surface area contributed by atoms with Crippen LogP contribution in [0.1, 0.15) is 23.0 Å². The smallest absolute Gasteiger partial charge is 0.257 e. The number of nitrogens with one attached hydrogen (secondary N) is 2. The number of hydrogen-bond donors (Lipinski definition) is 3. The summed E-state index contributed by atoms with van der Waals surface area (Å²) in [7, 11) is 1.81. The number of carbonyl (C=O) groups excluding carboxylic acids is 1. The molecule has 1 atom stereocenters. The van der Waals surface area contributed by atoms with Gasteiger partial charge < -0.3 is 25.5 Å². The molecule has 4 N–H and O–H groups in total. The number of benzene rings is 1. The molecule has 0 radical (unpaired) electrons. The van der Waals surface area contributed by atoms with Gasteiger partial charge in [-0.2, -0.15) is 5.10 Å². The van der Waals surface area contributed by atoms with Crippen molar-refractivity contribution in [3.05, 3.63) is 66.6 Å². The highest BCUT2D eigenvalue weighted by Gasteiger charge is 2.17. The minimum absolute atomic E-state index is 0.0329. The topological polar surface area (TPSA) is 137 Å². The number of aromatic nitrogens is 6. The molecule has 178 valence electrons. The van der Waals surface area contributed by atoms with E-state index in [9.17, 15) is 4.79 Å². The second-order valence-corrected chi connectivity index (χ2v) is 8.38. The van der Waals surface area contributed by atoms with Crippen LogP contribution in [0.4, 0.5) is 11.4 Å². The number of nitrogens with two attached hydrogens (primary N) is 1. The molecular weight excluding hydrogens is 446 g/mol. The zero-order chi connectivity index (χ0) is 24.5. The zero-order valence-electron chi connectivity index (χ0n) is 19.6. The average molecular weight is 472 g/mol. The molecule has 0 bridgehead atoms. The Balaban J connectivity index is 1.48. The fourth-order valence-electron chi connectivity index (χ4n) is 3.76. The summed E-state index contributed by atoms with van der Waals surface area (Å²) in [4.78, 5) is 26.7. The van der Waals surface area contributed by atoms with E-state index in [1.807, 2.05) is 37.6 Å². The van der Waals surface area contributed by atoms with Crippen LogP contribution in [-0.4, -0.2) is 47.6 Å². The van der Waals surface area contributed by atoms with Crippen molar-refractivity contribution in [1.29, 1.82) is 0 Å². The molecule has 11 heteroatoms. The number of pyridine rings is 1. The molecular formula is C24H25N9O2. The van der Waals surface area contributed by atoms with Crippen LogP contribution in [0.25, 0.3) is 16.7 Å². The molecule has 0 spiro atoms. The molecule has 0 unspecified atom stereocenters. The number of amides is 1. The van der Waals surface area contributed by atoms with Crippen molar-refractivity contribution in [2.45, 2.75) is 19.9 Å². The van der Waals surface area contributed by atoms with Crippen LogP contribution in [0.2, 0.25) is 0 Å². The fourth-order valence-corrected chi connectivity index (χ4v) is 3.76. The lowest BCUT2D eigenvalue weighted by molar-refractivity contribution is 0.102. The maximum Gasteiger partial charge on any atom is 0.257 e. The largest absolute Gasteiger partial charge is 0.450 e. The Morgan fingerprint density at radius 3 is 2.71 bits per heavy atom. The van der Waals surface area contributed by atoms with Gasteiger partial charge in [0, 0.05) is 50.5 Å². The van der Waals surface area contributed by atoms with Crippen molar-refractivity contribution >= 4 is 34.0 Å². The second kappa shape index (κ2) is 9.03. The number of imidazole rings is 1. The summed E-state index contributed by atoms with van der Waals surface area (Å²) in [5.74, 6) is 0.733.